The predicted octanol–water partition coefficient (Wildman–Crippen LogP) is 2.73. The van der Waals surface area contributed by atoms with E-state index in [1.807, 2.05) is 12.3 Å². The van der Waals surface area contributed by atoms with E-state index >= 15 is 0 Å². The van der Waals surface area contributed by atoms with E-state index in [0.717, 1.165) is 35.5 Å². The Morgan fingerprint density at radius 3 is 3.20 bits per heavy atom. The number of fused-ring (bicyclic) bond motifs is 1. The third-order valence-electron chi connectivity index (χ3n) is 2.38. The molecule has 3 nitrogen and oxygen atoms in total. The lowest BCUT2D eigenvalue weighted by molar-refractivity contribution is 0.190. The summed E-state index contributed by atoms with van der Waals surface area (Å²) in [6.45, 7) is 1.68. The zero-order valence-corrected chi connectivity index (χ0v) is 9.37. The van der Waals surface area contributed by atoms with Gasteiger partial charge in [0, 0.05) is 44.2 Å². The van der Waals surface area contributed by atoms with Crippen molar-refractivity contribution in [2.24, 2.45) is 0 Å². The molecule has 2 aromatic rings. The molecule has 15 heavy (non-hydrogen) atoms. The molecule has 0 aromatic carbocycles. The van der Waals surface area contributed by atoms with Crippen molar-refractivity contribution in [1.82, 2.24) is 9.55 Å². The summed E-state index contributed by atoms with van der Waals surface area (Å²) in [5.74, 6) is 0. The number of rotatable bonds is 4. The van der Waals surface area contributed by atoms with Crippen LogP contribution in [0.5, 0.6) is 0 Å². The van der Waals surface area contributed by atoms with E-state index in [4.69, 9.17) is 16.3 Å². The third kappa shape index (κ3) is 2.13. The Morgan fingerprint density at radius 1 is 1.53 bits per heavy atom. The average molecular weight is 225 g/mol. The van der Waals surface area contributed by atoms with Gasteiger partial charge in [-0.05, 0) is 12.5 Å². The standard InChI is InChI=1S/C11H13ClN2O/c1-15-6-2-5-14-8-10(12)9-7-13-4-3-11(9)14/h3-4,7-8H,2,5-6H2,1H3. The highest BCUT2D eigenvalue weighted by Crippen LogP contribution is 2.24. The Hall–Kier alpha value is -1.06. The summed E-state index contributed by atoms with van der Waals surface area (Å²) >= 11 is 6.10. The highest BCUT2D eigenvalue weighted by Gasteiger charge is 2.05. The molecule has 0 spiro atoms. The van der Waals surface area contributed by atoms with Crippen LogP contribution in [0.4, 0.5) is 0 Å². The molecule has 0 aliphatic rings. The Labute approximate surface area is 93.6 Å². The lowest BCUT2D eigenvalue weighted by Gasteiger charge is -2.03. The Balaban J connectivity index is 2.27. The van der Waals surface area contributed by atoms with E-state index in [2.05, 4.69) is 9.55 Å². The van der Waals surface area contributed by atoms with Gasteiger partial charge >= 0.3 is 0 Å². The fourth-order valence-corrected chi connectivity index (χ4v) is 1.93. The maximum absolute atomic E-state index is 6.10. The Kier molecular flexibility index (Phi) is 3.23. The maximum Gasteiger partial charge on any atom is 0.0677 e. The molecule has 0 unspecified atom stereocenters. The van der Waals surface area contributed by atoms with E-state index in [9.17, 15) is 0 Å². The molecule has 0 aliphatic heterocycles. The second-order valence-corrected chi connectivity index (χ2v) is 3.82. The molecule has 0 amide bonds. The van der Waals surface area contributed by atoms with Gasteiger partial charge in [-0.2, -0.15) is 0 Å². The van der Waals surface area contributed by atoms with Crippen molar-refractivity contribution in [2.75, 3.05) is 13.7 Å². The summed E-state index contributed by atoms with van der Waals surface area (Å²) in [5.41, 5.74) is 1.13. The summed E-state index contributed by atoms with van der Waals surface area (Å²) in [4.78, 5) is 4.06. The van der Waals surface area contributed by atoms with Gasteiger partial charge in [0.2, 0.25) is 0 Å². The first-order chi connectivity index (χ1) is 7.33. The van der Waals surface area contributed by atoms with Crippen LogP contribution in [0.2, 0.25) is 5.02 Å². The van der Waals surface area contributed by atoms with Crippen LogP contribution >= 0.6 is 11.6 Å². The summed E-state index contributed by atoms with van der Waals surface area (Å²) < 4.78 is 7.16. The highest BCUT2D eigenvalue weighted by molar-refractivity contribution is 6.35. The predicted molar refractivity (Wildman–Crippen MR) is 61.2 cm³/mol. The maximum atomic E-state index is 6.10. The van der Waals surface area contributed by atoms with E-state index < -0.39 is 0 Å². The van der Waals surface area contributed by atoms with E-state index in [-0.39, 0.29) is 0 Å². The number of halogens is 1. The molecule has 0 N–H and O–H groups in total. The van der Waals surface area contributed by atoms with Gasteiger partial charge in [0.15, 0.2) is 0 Å². The van der Waals surface area contributed by atoms with Crippen LogP contribution in [0, 0.1) is 0 Å². The molecular weight excluding hydrogens is 212 g/mol. The van der Waals surface area contributed by atoms with E-state index in [1.165, 1.54) is 0 Å². The van der Waals surface area contributed by atoms with Crippen molar-refractivity contribution in [1.29, 1.82) is 0 Å². The topological polar surface area (TPSA) is 27.1 Å². The number of hydrogen-bond donors (Lipinski definition) is 0. The highest BCUT2D eigenvalue weighted by atomic mass is 35.5. The van der Waals surface area contributed by atoms with Crippen LogP contribution in [-0.2, 0) is 11.3 Å². The molecule has 2 heterocycles. The molecule has 0 radical (unpaired) electrons. The van der Waals surface area contributed by atoms with Gasteiger partial charge in [0.25, 0.3) is 0 Å². The summed E-state index contributed by atoms with van der Waals surface area (Å²) in [6, 6.07) is 1.98. The zero-order valence-electron chi connectivity index (χ0n) is 8.61. The molecule has 0 atom stereocenters. The molecule has 0 saturated heterocycles. The van der Waals surface area contributed by atoms with Crippen molar-refractivity contribution in [3.05, 3.63) is 29.7 Å². The zero-order chi connectivity index (χ0) is 10.7. The minimum absolute atomic E-state index is 0.760. The Morgan fingerprint density at radius 2 is 2.40 bits per heavy atom. The number of hydrogen-bond acceptors (Lipinski definition) is 2. The van der Waals surface area contributed by atoms with Crippen molar-refractivity contribution in [3.8, 4) is 0 Å². The third-order valence-corrected chi connectivity index (χ3v) is 2.68. The first kappa shape index (κ1) is 10.5. The quantitative estimate of drug-likeness (QED) is 0.747. The van der Waals surface area contributed by atoms with Crippen molar-refractivity contribution in [3.63, 3.8) is 0 Å². The average Bonchev–Trinajstić information content (AvgIpc) is 2.58. The molecule has 2 rings (SSSR count). The van der Waals surface area contributed by atoms with Gasteiger partial charge in [0.1, 0.15) is 0 Å². The summed E-state index contributed by atoms with van der Waals surface area (Å²) in [6.07, 6.45) is 6.51. The minimum atomic E-state index is 0.760. The number of nitrogens with zero attached hydrogens (tertiary/aromatic N) is 2. The minimum Gasteiger partial charge on any atom is -0.385 e. The van der Waals surface area contributed by atoms with Crippen LogP contribution in [0.1, 0.15) is 6.42 Å². The lowest BCUT2D eigenvalue weighted by Crippen LogP contribution is -1.99. The smallest absolute Gasteiger partial charge is 0.0677 e. The molecule has 2 aromatic heterocycles. The second-order valence-electron chi connectivity index (χ2n) is 3.41. The molecule has 0 fully saturated rings. The van der Waals surface area contributed by atoms with E-state index in [0.29, 0.717) is 0 Å². The number of pyridine rings is 1. The van der Waals surface area contributed by atoms with Crippen LogP contribution in [0.25, 0.3) is 10.9 Å². The monoisotopic (exact) mass is 224 g/mol. The van der Waals surface area contributed by atoms with Gasteiger partial charge in [0.05, 0.1) is 10.5 Å². The summed E-state index contributed by atoms with van der Waals surface area (Å²) in [5, 5.41) is 1.77. The van der Waals surface area contributed by atoms with E-state index in [1.54, 1.807) is 19.5 Å². The SMILES string of the molecule is COCCCn1cc(Cl)c2cnccc21. The normalized spacial score (nSPS) is 11.1. The first-order valence-corrected chi connectivity index (χ1v) is 5.28. The van der Waals surface area contributed by atoms with Crippen molar-refractivity contribution < 1.29 is 4.74 Å². The fourth-order valence-electron chi connectivity index (χ4n) is 1.66. The fraction of sp³-hybridized carbons (Fsp3) is 0.364. The lowest BCUT2D eigenvalue weighted by atomic mass is 10.3. The molecular formula is C11H13ClN2O. The largest absolute Gasteiger partial charge is 0.385 e. The van der Waals surface area contributed by atoms with Gasteiger partial charge in [-0.3, -0.25) is 4.98 Å². The molecule has 0 aliphatic carbocycles. The number of aryl methyl sites for hydroxylation is 1. The Bertz CT molecular complexity index is 453. The van der Waals surface area contributed by atoms with Crippen molar-refractivity contribution in [2.45, 2.75) is 13.0 Å². The number of methoxy groups -OCH3 is 1. The molecule has 4 heteroatoms. The first-order valence-electron chi connectivity index (χ1n) is 4.90. The molecule has 0 saturated carbocycles. The van der Waals surface area contributed by atoms with Gasteiger partial charge in [-0.15, -0.1) is 0 Å². The summed E-state index contributed by atoms with van der Waals surface area (Å²) in [7, 11) is 1.71. The van der Waals surface area contributed by atoms with Crippen LogP contribution < -0.4 is 0 Å². The van der Waals surface area contributed by atoms with Crippen molar-refractivity contribution >= 4 is 22.5 Å². The number of aromatic nitrogens is 2. The van der Waals surface area contributed by atoms with Crippen LogP contribution in [0.15, 0.2) is 24.7 Å². The molecule has 0 bridgehead atoms. The molecule has 80 valence electrons. The van der Waals surface area contributed by atoms with Gasteiger partial charge in [-0.1, -0.05) is 11.6 Å². The van der Waals surface area contributed by atoms with Crippen LogP contribution in [-0.4, -0.2) is 23.3 Å². The second kappa shape index (κ2) is 4.64. The van der Waals surface area contributed by atoms with Gasteiger partial charge < -0.3 is 9.30 Å². The number of ether oxygens (including phenoxy) is 1. The van der Waals surface area contributed by atoms with Gasteiger partial charge in [-0.25, -0.2) is 0 Å². The van der Waals surface area contributed by atoms with Crippen LogP contribution in [0.3, 0.4) is 0 Å².